The molecule has 1 heterocycles. The van der Waals surface area contributed by atoms with Crippen LogP contribution in [0.4, 0.5) is 17.1 Å². The van der Waals surface area contributed by atoms with Gasteiger partial charge in [0.25, 0.3) is 17.7 Å². The molecule has 0 aromatic heterocycles. The first-order valence-corrected chi connectivity index (χ1v) is 11.6. The summed E-state index contributed by atoms with van der Waals surface area (Å²) >= 11 is 0. The van der Waals surface area contributed by atoms with E-state index in [1.807, 2.05) is 72.8 Å². The number of rotatable bonds is 4. The summed E-state index contributed by atoms with van der Waals surface area (Å²) in [7, 11) is 0. The van der Waals surface area contributed by atoms with Crippen LogP contribution in [0.3, 0.4) is 0 Å². The van der Waals surface area contributed by atoms with Gasteiger partial charge in [0.2, 0.25) is 0 Å². The summed E-state index contributed by atoms with van der Waals surface area (Å²) in [4.78, 5) is 42.3. The number of imide groups is 1. The topological polar surface area (TPSA) is 57.7 Å². The van der Waals surface area contributed by atoms with Crippen LogP contribution in [-0.2, 0) is 0 Å². The van der Waals surface area contributed by atoms with Crippen molar-refractivity contribution in [3.63, 3.8) is 0 Å². The highest BCUT2D eigenvalue weighted by molar-refractivity contribution is 6.34. The minimum Gasteiger partial charge on any atom is -0.277 e. The molecule has 0 atom stereocenters. The summed E-state index contributed by atoms with van der Waals surface area (Å²) in [6.45, 7) is 0. The molecule has 0 radical (unpaired) electrons. The molecule has 5 nitrogen and oxygen atoms in total. The van der Waals surface area contributed by atoms with Crippen LogP contribution in [0.5, 0.6) is 0 Å². The molecule has 5 aromatic rings. The van der Waals surface area contributed by atoms with Crippen LogP contribution in [0.1, 0.15) is 31.1 Å². The van der Waals surface area contributed by atoms with Crippen LogP contribution in [-0.4, -0.2) is 17.7 Å². The Kier molecular flexibility index (Phi) is 5.16. The number of hydrogen-bond donors (Lipinski definition) is 0. The van der Waals surface area contributed by atoms with Crippen LogP contribution in [0.2, 0.25) is 0 Å². The molecule has 5 aromatic carbocycles. The van der Waals surface area contributed by atoms with E-state index in [1.165, 1.54) is 0 Å². The van der Waals surface area contributed by atoms with Gasteiger partial charge in [-0.1, -0.05) is 60.7 Å². The molecule has 0 bridgehead atoms. The summed E-state index contributed by atoms with van der Waals surface area (Å²) < 4.78 is 0. The number of nitrogens with zero attached hydrogens (tertiary/aromatic N) is 2. The van der Waals surface area contributed by atoms with E-state index in [4.69, 9.17) is 0 Å². The maximum Gasteiger partial charge on any atom is 0.266 e. The summed E-state index contributed by atoms with van der Waals surface area (Å²) in [6, 6.07) is 36.7. The lowest BCUT2D eigenvalue weighted by atomic mass is 10.1. The number of amides is 3. The van der Waals surface area contributed by atoms with Gasteiger partial charge < -0.3 is 0 Å². The van der Waals surface area contributed by atoms with Gasteiger partial charge in [0, 0.05) is 16.9 Å². The van der Waals surface area contributed by atoms with Crippen molar-refractivity contribution >= 4 is 45.6 Å². The lowest BCUT2D eigenvalue weighted by Crippen LogP contribution is -2.29. The smallest absolute Gasteiger partial charge is 0.266 e. The monoisotopic (exact) mass is 468 g/mol. The highest BCUT2D eigenvalue weighted by atomic mass is 16.2. The second kappa shape index (κ2) is 8.64. The minimum absolute atomic E-state index is 0.217. The Labute approximate surface area is 207 Å². The largest absolute Gasteiger partial charge is 0.277 e. The number of fused-ring (bicyclic) bond motifs is 2. The molecule has 3 amide bonds. The second-order valence-electron chi connectivity index (χ2n) is 8.55. The number of anilines is 3. The van der Waals surface area contributed by atoms with Crippen LogP contribution in [0.25, 0.3) is 10.8 Å². The third-order valence-electron chi connectivity index (χ3n) is 6.38. The first-order chi connectivity index (χ1) is 17.6. The average molecular weight is 469 g/mol. The molecule has 1 aliphatic rings. The third-order valence-corrected chi connectivity index (χ3v) is 6.38. The van der Waals surface area contributed by atoms with Crippen molar-refractivity contribution in [3.8, 4) is 0 Å². The minimum atomic E-state index is -0.364. The maximum absolute atomic E-state index is 13.8. The quantitative estimate of drug-likeness (QED) is 0.279. The fourth-order valence-corrected chi connectivity index (χ4v) is 4.58. The Hall–Kier alpha value is -5.03. The zero-order valence-electron chi connectivity index (χ0n) is 19.2. The molecular weight excluding hydrogens is 448 g/mol. The Morgan fingerprint density at radius 2 is 1.14 bits per heavy atom. The Balaban J connectivity index is 1.36. The lowest BCUT2D eigenvalue weighted by Gasteiger charge is -2.24. The van der Waals surface area contributed by atoms with E-state index in [1.54, 1.807) is 53.4 Å². The van der Waals surface area contributed by atoms with Crippen molar-refractivity contribution in [1.82, 2.24) is 0 Å². The van der Waals surface area contributed by atoms with Gasteiger partial charge in [0.1, 0.15) is 0 Å². The van der Waals surface area contributed by atoms with Gasteiger partial charge in [-0.05, 0) is 71.4 Å². The molecule has 1 aliphatic heterocycles. The van der Waals surface area contributed by atoms with Crippen molar-refractivity contribution in [2.45, 2.75) is 0 Å². The standard InChI is InChI=1S/C31H20N2O3/c34-29(22-15-17-25(18-16-22)33-30(35)27-12-6-7-13-28(27)31(33)36)32(24-10-2-1-3-11-24)26-19-14-21-8-4-5-9-23(21)20-26/h1-20H. The van der Waals surface area contributed by atoms with Crippen LogP contribution < -0.4 is 9.80 Å². The number of hydrogen-bond acceptors (Lipinski definition) is 3. The van der Waals surface area contributed by atoms with Crippen molar-refractivity contribution in [2.24, 2.45) is 0 Å². The normalized spacial score (nSPS) is 12.6. The van der Waals surface area contributed by atoms with E-state index in [-0.39, 0.29) is 17.7 Å². The fraction of sp³-hybridized carbons (Fsp3) is 0. The predicted octanol–water partition coefficient (Wildman–Crippen LogP) is 6.62. The maximum atomic E-state index is 13.8. The zero-order chi connectivity index (χ0) is 24.6. The molecule has 0 fully saturated rings. The summed E-state index contributed by atoms with van der Waals surface area (Å²) in [5, 5.41) is 2.12. The van der Waals surface area contributed by atoms with Gasteiger partial charge in [-0.25, -0.2) is 4.90 Å². The van der Waals surface area contributed by atoms with Crippen molar-refractivity contribution in [1.29, 1.82) is 0 Å². The second-order valence-corrected chi connectivity index (χ2v) is 8.55. The van der Waals surface area contributed by atoms with Crippen molar-refractivity contribution in [2.75, 3.05) is 9.80 Å². The highest BCUT2D eigenvalue weighted by Gasteiger charge is 2.36. The van der Waals surface area contributed by atoms with Crippen LogP contribution in [0, 0.1) is 0 Å². The SMILES string of the molecule is O=C1c2ccccc2C(=O)N1c1ccc(C(=O)N(c2ccccc2)c2ccc3ccccc3c2)cc1. The number of carbonyl (C=O) groups excluding carboxylic acids is 3. The summed E-state index contributed by atoms with van der Waals surface area (Å²) in [6.07, 6.45) is 0. The highest BCUT2D eigenvalue weighted by Crippen LogP contribution is 2.32. The van der Waals surface area contributed by atoms with E-state index in [0.29, 0.717) is 22.4 Å². The first kappa shape index (κ1) is 21.5. The predicted molar refractivity (Wildman–Crippen MR) is 141 cm³/mol. The van der Waals surface area contributed by atoms with E-state index >= 15 is 0 Å². The molecular formula is C31H20N2O3. The molecule has 0 saturated heterocycles. The van der Waals surface area contributed by atoms with Gasteiger partial charge in [-0.15, -0.1) is 0 Å². The average Bonchev–Trinajstić information content (AvgIpc) is 3.19. The molecule has 172 valence electrons. The van der Waals surface area contributed by atoms with Gasteiger partial charge >= 0.3 is 0 Å². The van der Waals surface area contributed by atoms with Gasteiger partial charge in [0.15, 0.2) is 0 Å². The molecule has 0 spiro atoms. The van der Waals surface area contributed by atoms with Gasteiger partial charge in [-0.2, -0.15) is 0 Å². The molecule has 0 unspecified atom stereocenters. The molecule has 0 aliphatic carbocycles. The molecule has 0 N–H and O–H groups in total. The molecule has 5 heteroatoms. The van der Waals surface area contributed by atoms with Crippen molar-refractivity contribution < 1.29 is 14.4 Å². The Morgan fingerprint density at radius 1 is 0.556 bits per heavy atom. The molecule has 6 rings (SSSR count). The Morgan fingerprint density at radius 3 is 1.81 bits per heavy atom. The molecule has 36 heavy (non-hydrogen) atoms. The van der Waals surface area contributed by atoms with E-state index < -0.39 is 0 Å². The summed E-state index contributed by atoms with van der Waals surface area (Å²) in [5.74, 6) is -0.945. The van der Waals surface area contributed by atoms with Gasteiger partial charge in [0.05, 0.1) is 16.8 Å². The van der Waals surface area contributed by atoms with Crippen LogP contribution >= 0.6 is 0 Å². The summed E-state index contributed by atoms with van der Waals surface area (Å²) in [5.41, 5.74) is 3.11. The Bertz CT molecular complexity index is 1610. The van der Waals surface area contributed by atoms with E-state index in [2.05, 4.69) is 0 Å². The molecule has 0 saturated carbocycles. The van der Waals surface area contributed by atoms with E-state index in [9.17, 15) is 14.4 Å². The van der Waals surface area contributed by atoms with E-state index in [0.717, 1.165) is 27.0 Å². The zero-order valence-corrected chi connectivity index (χ0v) is 19.2. The third kappa shape index (κ3) is 3.54. The fourth-order valence-electron chi connectivity index (χ4n) is 4.58. The number of carbonyl (C=O) groups is 3. The number of para-hydroxylation sites is 1. The van der Waals surface area contributed by atoms with Gasteiger partial charge in [-0.3, -0.25) is 19.3 Å². The van der Waals surface area contributed by atoms with Crippen molar-refractivity contribution in [3.05, 3.63) is 138 Å². The van der Waals surface area contributed by atoms with Crippen LogP contribution in [0.15, 0.2) is 121 Å². The lowest BCUT2D eigenvalue weighted by molar-refractivity contribution is 0.0925. The number of benzene rings is 5. The first-order valence-electron chi connectivity index (χ1n) is 11.6.